The van der Waals surface area contributed by atoms with Crippen LogP contribution < -0.4 is 20.1 Å². The van der Waals surface area contributed by atoms with E-state index < -0.39 is 9.84 Å². The zero-order valence-electron chi connectivity index (χ0n) is 13.8. The lowest BCUT2D eigenvalue weighted by Crippen LogP contribution is -2.31. The lowest BCUT2D eigenvalue weighted by molar-refractivity contribution is 0.174. The van der Waals surface area contributed by atoms with Gasteiger partial charge in [-0.2, -0.15) is 0 Å². The van der Waals surface area contributed by atoms with Crippen LogP contribution in [0.4, 0.5) is 10.5 Å². The van der Waals surface area contributed by atoms with E-state index in [1.807, 2.05) is 6.92 Å². The second-order valence-corrected chi connectivity index (χ2v) is 7.75. The highest BCUT2D eigenvalue weighted by atomic mass is 32.2. The zero-order valence-corrected chi connectivity index (χ0v) is 14.6. The van der Waals surface area contributed by atoms with Crippen LogP contribution in [-0.2, 0) is 9.84 Å². The predicted molar refractivity (Wildman–Crippen MR) is 92.7 cm³/mol. The third-order valence-electron chi connectivity index (χ3n) is 3.79. The Morgan fingerprint density at radius 1 is 1.08 bits per heavy atom. The Kier molecular flexibility index (Phi) is 4.54. The molecule has 3 rings (SSSR count). The number of urea groups is 1. The second kappa shape index (κ2) is 6.64. The summed E-state index contributed by atoms with van der Waals surface area (Å²) in [5.74, 6) is 1.23. The first-order valence-electron chi connectivity index (χ1n) is 7.60. The van der Waals surface area contributed by atoms with Crippen molar-refractivity contribution in [3.05, 3.63) is 48.0 Å². The van der Waals surface area contributed by atoms with Crippen molar-refractivity contribution in [3.63, 3.8) is 0 Å². The summed E-state index contributed by atoms with van der Waals surface area (Å²) in [6, 6.07) is 10.9. The molecule has 0 radical (unpaired) electrons. The minimum absolute atomic E-state index is 0.172. The summed E-state index contributed by atoms with van der Waals surface area (Å²) in [5.41, 5.74) is 1.38. The number of carbonyl (C=O) groups is 1. The molecule has 2 aromatic rings. The standard InChI is InChI=1S/C17H18N2O5S/c1-11(12-3-6-14(7-4-12)25(2,21)22)18-17(20)19-13-5-8-15-16(9-13)24-10-23-15/h3-9,11H,10H2,1-2H3,(H2,18,19,20)/t11-/m0/s1. The number of amides is 2. The van der Waals surface area contributed by atoms with Gasteiger partial charge in [0.25, 0.3) is 0 Å². The number of benzene rings is 2. The number of hydrogen-bond donors (Lipinski definition) is 2. The maximum atomic E-state index is 12.1. The Hall–Kier alpha value is -2.74. The number of ether oxygens (including phenoxy) is 2. The molecule has 0 fully saturated rings. The fraction of sp³-hybridized carbons (Fsp3) is 0.235. The van der Waals surface area contributed by atoms with Crippen molar-refractivity contribution in [3.8, 4) is 11.5 Å². The van der Waals surface area contributed by atoms with Crippen molar-refractivity contribution in [2.45, 2.75) is 17.9 Å². The van der Waals surface area contributed by atoms with E-state index in [9.17, 15) is 13.2 Å². The SMILES string of the molecule is C[C@H](NC(=O)Nc1ccc2c(c1)OCO2)c1ccc(S(C)(=O)=O)cc1. The Morgan fingerprint density at radius 3 is 2.44 bits per heavy atom. The molecule has 0 saturated heterocycles. The second-order valence-electron chi connectivity index (χ2n) is 5.73. The van der Waals surface area contributed by atoms with Gasteiger partial charge in [0.15, 0.2) is 21.3 Å². The summed E-state index contributed by atoms with van der Waals surface area (Å²) in [6.45, 7) is 1.99. The van der Waals surface area contributed by atoms with Gasteiger partial charge in [-0.15, -0.1) is 0 Å². The molecular formula is C17H18N2O5S. The average molecular weight is 362 g/mol. The van der Waals surface area contributed by atoms with E-state index in [-0.39, 0.29) is 23.8 Å². The van der Waals surface area contributed by atoms with Gasteiger partial charge >= 0.3 is 6.03 Å². The molecule has 132 valence electrons. The molecule has 1 aliphatic heterocycles. The molecule has 2 N–H and O–H groups in total. The largest absolute Gasteiger partial charge is 0.454 e. The van der Waals surface area contributed by atoms with Gasteiger partial charge in [-0.1, -0.05) is 12.1 Å². The van der Waals surface area contributed by atoms with Crippen LogP contribution in [0.1, 0.15) is 18.5 Å². The van der Waals surface area contributed by atoms with Crippen molar-refractivity contribution < 1.29 is 22.7 Å². The highest BCUT2D eigenvalue weighted by molar-refractivity contribution is 7.90. The first kappa shape index (κ1) is 17.1. The summed E-state index contributed by atoms with van der Waals surface area (Å²) in [6.07, 6.45) is 1.16. The summed E-state index contributed by atoms with van der Waals surface area (Å²) in [7, 11) is -3.24. The van der Waals surface area contributed by atoms with Crippen LogP contribution in [0.5, 0.6) is 11.5 Å². The van der Waals surface area contributed by atoms with Crippen LogP contribution in [-0.4, -0.2) is 27.5 Å². The van der Waals surface area contributed by atoms with E-state index in [1.165, 1.54) is 12.1 Å². The molecule has 1 aliphatic rings. The van der Waals surface area contributed by atoms with Crippen molar-refractivity contribution in [1.82, 2.24) is 5.32 Å². The molecule has 0 saturated carbocycles. The summed E-state index contributed by atoms with van der Waals surface area (Å²) in [5, 5.41) is 5.53. The van der Waals surface area contributed by atoms with Crippen LogP contribution in [0, 0.1) is 0 Å². The van der Waals surface area contributed by atoms with Crippen LogP contribution in [0.3, 0.4) is 0 Å². The molecule has 0 spiro atoms. The van der Waals surface area contributed by atoms with E-state index in [0.29, 0.717) is 17.2 Å². The minimum atomic E-state index is -3.24. The van der Waals surface area contributed by atoms with Gasteiger partial charge < -0.3 is 20.1 Å². The molecular weight excluding hydrogens is 344 g/mol. The van der Waals surface area contributed by atoms with Crippen LogP contribution in [0.15, 0.2) is 47.4 Å². The molecule has 1 atom stereocenters. The van der Waals surface area contributed by atoms with Gasteiger partial charge in [-0.25, -0.2) is 13.2 Å². The highest BCUT2D eigenvalue weighted by Crippen LogP contribution is 2.34. The number of anilines is 1. The van der Waals surface area contributed by atoms with Gasteiger partial charge in [0.1, 0.15) is 0 Å². The molecule has 7 nitrogen and oxygen atoms in total. The number of sulfone groups is 1. The van der Waals surface area contributed by atoms with Crippen LogP contribution >= 0.6 is 0 Å². The van der Waals surface area contributed by atoms with Crippen molar-refractivity contribution in [2.75, 3.05) is 18.4 Å². The fourth-order valence-electron chi connectivity index (χ4n) is 2.43. The molecule has 1 heterocycles. The highest BCUT2D eigenvalue weighted by Gasteiger charge is 2.15. The Morgan fingerprint density at radius 2 is 1.76 bits per heavy atom. The van der Waals surface area contributed by atoms with Crippen LogP contribution in [0.25, 0.3) is 0 Å². The fourth-order valence-corrected chi connectivity index (χ4v) is 3.06. The first-order valence-corrected chi connectivity index (χ1v) is 9.49. The zero-order chi connectivity index (χ0) is 18.0. The Balaban J connectivity index is 1.62. The molecule has 2 amide bonds. The molecule has 0 aromatic heterocycles. The molecule has 2 aromatic carbocycles. The maximum Gasteiger partial charge on any atom is 0.319 e. The average Bonchev–Trinajstić information content (AvgIpc) is 3.01. The van der Waals surface area contributed by atoms with Crippen molar-refractivity contribution in [1.29, 1.82) is 0 Å². The molecule has 8 heteroatoms. The normalized spacial score (nSPS) is 14.0. The number of fused-ring (bicyclic) bond motifs is 1. The van der Waals surface area contributed by atoms with Gasteiger partial charge in [-0.3, -0.25) is 0 Å². The third-order valence-corrected chi connectivity index (χ3v) is 4.91. The van der Waals surface area contributed by atoms with Crippen LogP contribution in [0.2, 0.25) is 0 Å². The minimum Gasteiger partial charge on any atom is -0.454 e. The predicted octanol–water partition coefficient (Wildman–Crippen LogP) is 2.70. The lowest BCUT2D eigenvalue weighted by atomic mass is 10.1. The lowest BCUT2D eigenvalue weighted by Gasteiger charge is -2.15. The van der Waals surface area contributed by atoms with E-state index in [4.69, 9.17) is 9.47 Å². The molecule has 25 heavy (non-hydrogen) atoms. The van der Waals surface area contributed by atoms with Crippen molar-refractivity contribution in [2.24, 2.45) is 0 Å². The van der Waals surface area contributed by atoms with Gasteiger partial charge in [0.2, 0.25) is 6.79 Å². The number of nitrogens with one attached hydrogen (secondary N) is 2. The van der Waals surface area contributed by atoms with Gasteiger partial charge in [0, 0.05) is 18.0 Å². The van der Waals surface area contributed by atoms with E-state index in [0.717, 1.165) is 11.8 Å². The summed E-state index contributed by atoms with van der Waals surface area (Å²) < 4.78 is 33.4. The van der Waals surface area contributed by atoms with E-state index in [1.54, 1.807) is 30.3 Å². The Bertz CT molecular complexity index is 894. The monoisotopic (exact) mass is 362 g/mol. The third kappa shape index (κ3) is 4.03. The smallest absolute Gasteiger partial charge is 0.319 e. The quantitative estimate of drug-likeness (QED) is 0.872. The summed E-state index contributed by atoms with van der Waals surface area (Å²) >= 11 is 0. The molecule has 0 unspecified atom stereocenters. The first-order chi connectivity index (χ1) is 11.8. The van der Waals surface area contributed by atoms with Gasteiger partial charge in [-0.05, 0) is 36.8 Å². The molecule has 0 aliphatic carbocycles. The van der Waals surface area contributed by atoms with E-state index >= 15 is 0 Å². The Labute approximate surface area is 145 Å². The van der Waals surface area contributed by atoms with Crippen molar-refractivity contribution >= 4 is 21.6 Å². The number of hydrogen-bond acceptors (Lipinski definition) is 5. The number of rotatable bonds is 4. The summed E-state index contributed by atoms with van der Waals surface area (Å²) in [4.78, 5) is 12.4. The maximum absolute atomic E-state index is 12.1. The van der Waals surface area contributed by atoms with E-state index in [2.05, 4.69) is 10.6 Å². The topological polar surface area (TPSA) is 93.7 Å². The van der Waals surface area contributed by atoms with Gasteiger partial charge in [0.05, 0.1) is 10.9 Å². The number of carbonyl (C=O) groups excluding carboxylic acids is 1. The molecule has 0 bridgehead atoms.